The highest BCUT2D eigenvalue weighted by Gasteiger charge is 2.30. The van der Waals surface area contributed by atoms with Crippen molar-refractivity contribution in [2.45, 2.75) is 38.1 Å². The summed E-state index contributed by atoms with van der Waals surface area (Å²) in [6.45, 7) is 0. The van der Waals surface area contributed by atoms with Gasteiger partial charge in [0.15, 0.2) is 5.52 Å². The standard InChI is InChI=1S/C19H19BrFN3O2/c1-26-19-17-15(11-16(20)24(19)25)22-18(13-9-5-6-10-14(13)21)23(17)12-7-3-2-4-8-12/h5-6,9-12H,2-4,7-8H2,1H3. The van der Waals surface area contributed by atoms with E-state index >= 15 is 0 Å². The van der Waals surface area contributed by atoms with Crippen LogP contribution in [-0.4, -0.2) is 16.7 Å². The number of hydrogen-bond donors (Lipinski definition) is 0. The van der Waals surface area contributed by atoms with Crippen LogP contribution in [-0.2, 0) is 0 Å². The smallest absolute Gasteiger partial charge is 0.407 e. The molecule has 2 heterocycles. The molecule has 136 valence electrons. The van der Waals surface area contributed by atoms with Crippen LogP contribution >= 0.6 is 15.9 Å². The van der Waals surface area contributed by atoms with Crippen LogP contribution in [0.1, 0.15) is 38.1 Å². The van der Waals surface area contributed by atoms with Gasteiger partial charge in [0.05, 0.1) is 12.7 Å². The molecule has 1 aliphatic carbocycles. The Bertz CT molecular complexity index is 967. The molecule has 1 fully saturated rings. The topological polar surface area (TPSA) is 54.0 Å². The van der Waals surface area contributed by atoms with E-state index in [2.05, 4.69) is 15.9 Å². The van der Waals surface area contributed by atoms with Crippen molar-refractivity contribution in [2.75, 3.05) is 7.11 Å². The number of fused-ring (bicyclic) bond motifs is 1. The summed E-state index contributed by atoms with van der Waals surface area (Å²) in [7, 11) is 1.47. The van der Waals surface area contributed by atoms with Crippen LogP contribution in [0, 0.1) is 11.0 Å². The molecule has 0 saturated heterocycles. The molecule has 1 aliphatic rings. The summed E-state index contributed by atoms with van der Waals surface area (Å²) in [6, 6.07) is 8.44. The van der Waals surface area contributed by atoms with E-state index in [0.29, 0.717) is 31.8 Å². The molecule has 2 aromatic heterocycles. The lowest BCUT2D eigenvalue weighted by Crippen LogP contribution is -2.31. The van der Waals surface area contributed by atoms with E-state index in [1.807, 2.05) is 4.57 Å². The monoisotopic (exact) mass is 419 g/mol. The molecule has 7 heteroatoms. The van der Waals surface area contributed by atoms with E-state index < -0.39 is 0 Å². The lowest BCUT2D eigenvalue weighted by atomic mass is 9.95. The third-order valence-corrected chi connectivity index (χ3v) is 5.57. The van der Waals surface area contributed by atoms with Gasteiger partial charge in [0.1, 0.15) is 17.2 Å². The molecular formula is C19H19BrFN3O2. The van der Waals surface area contributed by atoms with E-state index in [1.165, 1.54) is 19.6 Å². The average Bonchev–Trinajstić information content (AvgIpc) is 3.02. The van der Waals surface area contributed by atoms with Gasteiger partial charge in [0.25, 0.3) is 4.60 Å². The van der Waals surface area contributed by atoms with E-state index in [4.69, 9.17) is 9.72 Å². The Balaban J connectivity index is 2.06. The minimum Gasteiger partial charge on any atom is -0.615 e. The van der Waals surface area contributed by atoms with Crippen molar-refractivity contribution in [1.82, 2.24) is 9.55 Å². The molecule has 3 aromatic rings. The summed E-state index contributed by atoms with van der Waals surface area (Å²) in [4.78, 5) is 4.69. The fourth-order valence-corrected chi connectivity index (χ4v) is 4.21. The first kappa shape index (κ1) is 17.3. The highest BCUT2D eigenvalue weighted by atomic mass is 79.9. The zero-order chi connectivity index (χ0) is 18.3. The molecule has 0 bridgehead atoms. The molecule has 0 aliphatic heterocycles. The van der Waals surface area contributed by atoms with Gasteiger partial charge in [0, 0.05) is 28.0 Å². The van der Waals surface area contributed by atoms with E-state index in [9.17, 15) is 9.60 Å². The summed E-state index contributed by atoms with van der Waals surface area (Å²) in [5.74, 6) is 0.393. The predicted molar refractivity (Wildman–Crippen MR) is 100 cm³/mol. The molecule has 5 nitrogen and oxygen atoms in total. The Morgan fingerprint density at radius 3 is 2.69 bits per heavy atom. The quantitative estimate of drug-likeness (QED) is 0.349. The number of imidazole rings is 1. The lowest BCUT2D eigenvalue weighted by molar-refractivity contribution is -0.622. The van der Waals surface area contributed by atoms with Crippen molar-refractivity contribution < 1.29 is 13.9 Å². The van der Waals surface area contributed by atoms with Crippen LogP contribution in [0.15, 0.2) is 34.9 Å². The average molecular weight is 420 g/mol. The largest absolute Gasteiger partial charge is 0.615 e. The molecule has 0 unspecified atom stereocenters. The van der Waals surface area contributed by atoms with E-state index in [1.54, 1.807) is 24.3 Å². The van der Waals surface area contributed by atoms with Crippen LogP contribution in [0.3, 0.4) is 0 Å². The van der Waals surface area contributed by atoms with Crippen molar-refractivity contribution >= 4 is 27.0 Å². The number of ether oxygens (including phenoxy) is 1. The molecule has 0 radical (unpaired) electrons. The van der Waals surface area contributed by atoms with Gasteiger partial charge in [-0.05, 0) is 25.0 Å². The summed E-state index contributed by atoms with van der Waals surface area (Å²) in [6.07, 6.45) is 5.37. The number of rotatable bonds is 3. The molecule has 0 spiro atoms. The molecule has 26 heavy (non-hydrogen) atoms. The normalized spacial score (nSPS) is 15.5. The summed E-state index contributed by atoms with van der Waals surface area (Å²) >= 11 is 3.26. The summed E-state index contributed by atoms with van der Waals surface area (Å²) < 4.78 is 23.0. The maximum atomic E-state index is 14.5. The second-order valence-corrected chi connectivity index (χ2v) is 7.39. The fourth-order valence-electron chi connectivity index (χ4n) is 3.83. The minimum absolute atomic E-state index is 0.165. The summed E-state index contributed by atoms with van der Waals surface area (Å²) in [5, 5.41) is 12.5. The van der Waals surface area contributed by atoms with Gasteiger partial charge in [-0.15, -0.1) is 4.73 Å². The van der Waals surface area contributed by atoms with Gasteiger partial charge in [-0.3, -0.25) is 0 Å². The predicted octanol–water partition coefficient (Wildman–Crippen LogP) is 4.75. The molecule has 0 atom stereocenters. The van der Waals surface area contributed by atoms with Crippen LogP contribution in [0.5, 0.6) is 5.88 Å². The number of methoxy groups -OCH3 is 1. The van der Waals surface area contributed by atoms with Crippen molar-refractivity contribution in [2.24, 2.45) is 0 Å². The van der Waals surface area contributed by atoms with Gasteiger partial charge in [-0.2, -0.15) is 0 Å². The molecular weight excluding hydrogens is 401 g/mol. The van der Waals surface area contributed by atoms with Crippen LogP contribution in [0.25, 0.3) is 22.4 Å². The first-order chi connectivity index (χ1) is 12.6. The molecule has 1 saturated carbocycles. The Morgan fingerprint density at radius 1 is 1.27 bits per heavy atom. The van der Waals surface area contributed by atoms with Gasteiger partial charge in [-0.25, -0.2) is 9.37 Å². The van der Waals surface area contributed by atoms with Crippen LogP contribution in [0.2, 0.25) is 0 Å². The first-order valence-electron chi connectivity index (χ1n) is 8.74. The molecule has 0 N–H and O–H groups in total. The van der Waals surface area contributed by atoms with Gasteiger partial charge < -0.3 is 14.5 Å². The van der Waals surface area contributed by atoms with Crippen molar-refractivity contribution in [1.29, 1.82) is 0 Å². The Hall–Kier alpha value is -2.15. The van der Waals surface area contributed by atoms with Crippen molar-refractivity contribution in [3.8, 4) is 17.3 Å². The van der Waals surface area contributed by atoms with E-state index in [-0.39, 0.29) is 17.7 Å². The highest BCUT2D eigenvalue weighted by molar-refractivity contribution is 9.10. The number of nitrogens with zero attached hydrogens (tertiary/aromatic N) is 3. The van der Waals surface area contributed by atoms with Crippen LogP contribution in [0.4, 0.5) is 4.39 Å². The minimum atomic E-state index is -0.326. The van der Waals surface area contributed by atoms with Gasteiger partial charge >= 0.3 is 5.88 Å². The SMILES string of the molecule is COc1c2c(cc(Br)[n+]1[O-])nc(-c1ccccc1F)n2C1CCCCC1. The molecule has 0 amide bonds. The number of pyridine rings is 1. The number of benzene rings is 1. The molecule has 4 rings (SSSR count). The number of hydrogen-bond acceptors (Lipinski definition) is 3. The lowest BCUT2D eigenvalue weighted by Gasteiger charge is -2.25. The Morgan fingerprint density at radius 2 is 2.00 bits per heavy atom. The number of aromatic nitrogens is 3. The van der Waals surface area contributed by atoms with Crippen molar-refractivity contribution in [3.05, 3.63) is 46.0 Å². The Kier molecular flexibility index (Phi) is 4.56. The first-order valence-corrected chi connectivity index (χ1v) is 9.54. The zero-order valence-electron chi connectivity index (χ0n) is 14.4. The van der Waals surface area contributed by atoms with Crippen molar-refractivity contribution in [3.63, 3.8) is 0 Å². The third kappa shape index (κ3) is 2.74. The highest BCUT2D eigenvalue weighted by Crippen LogP contribution is 2.39. The van der Waals surface area contributed by atoms with E-state index in [0.717, 1.165) is 25.7 Å². The van der Waals surface area contributed by atoms with Gasteiger partial charge in [0.2, 0.25) is 0 Å². The second kappa shape index (κ2) is 6.87. The van der Waals surface area contributed by atoms with Crippen LogP contribution < -0.4 is 9.47 Å². The fraction of sp³-hybridized carbons (Fsp3) is 0.368. The maximum Gasteiger partial charge on any atom is 0.407 e. The van der Waals surface area contributed by atoms with Gasteiger partial charge in [-0.1, -0.05) is 31.4 Å². The maximum absolute atomic E-state index is 14.5. The summed E-state index contributed by atoms with van der Waals surface area (Å²) in [5.41, 5.74) is 1.67. The zero-order valence-corrected chi connectivity index (χ0v) is 16.0. The third-order valence-electron chi connectivity index (χ3n) is 5.02. The second-order valence-electron chi connectivity index (χ2n) is 6.58. The molecule has 1 aromatic carbocycles. The Labute approximate surface area is 159 Å². The number of halogens is 2.